The summed E-state index contributed by atoms with van der Waals surface area (Å²) in [5, 5.41) is 4.90. The zero-order chi connectivity index (χ0) is 18.0. The Labute approximate surface area is 149 Å². The highest BCUT2D eigenvalue weighted by molar-refractivity contribution is 7.21. The van der Waals surface area contributed by atoms with Gasteiger partial charge < -0.3 is 0 Å². The van der Waals surface area contributed by atoms with Gasteiger partial charge in [0.05, 0.1) is 16.8 Å². The standard InChI is InChI=1S/C17H10ClF3N2OS/c18-14-12-3-1-2-4-13(12)25-15(14)16(24)23-22-9-10-5-7-11(8-6-10)17(19,20)21/h1-9H,(H,23,24)/b22-9+. The van der Waals surface area contributed by atoms with Crippen LogP contribution < -0.4 is 5.43 Å². The monoisotopic (exact) mass is 382 g/mol. The molecular weight excluding hydrogens is 373 g/mol. The van der Waals surface area contributed by atoms with E-state index in [1.54, 1.807) is 0 Å². The second kappa shape index (κ2) is 6.85. The average molecular weight is 383 g/mol. The van der Waals surface area contributed by atoms with Crippen LogP contribution in [0.25, 0.3) is 10.1 Å². The second-order valence-electron chi connectivity index (χ2n) is 5.06. The summed E-state index contributed by atoms with van der Waals surface area (Å²) in [7, 11) is 0. The SMILES string of the molecule is O=C(N/N=C/c1ccc(C(F)(F)F)cc1)c1sc2ccccc2c1Cl. The van der Waals surface area contributed by atoms with E-state index in [1.807, 2.05) is 24.3 Å². The topological polar surface area (TPSA) is 41.5 Å². The summed E-state index contributed by atoms with van der Waals surface area (Å²) in [6.45, 7) is 0. The van der Waals surface area contributed by atoms with E-state index in [0.717, 1.165) is 22.2 Å². The molecule has 25 heavy (non-hydrogen) atoms. The van der Waals surface area contributed by atoms with Crippen LogP contribution in [0.2, 0.25) is 5.02 Å². The van der Waals surface area contributed by atoms with Gasteiger partial charge in [-0.25, -0.2) is 5.43 Å². The van der Waals surface area contributed by atoms with Crippen molar-refractivity contribution in [3.63, 3.8) is 0 Å². The van der Waals surface area contributed by atoms with Crippen molar-refractivity contribution < 1.29 is 18.0 Å². The maximum absolute atomic E-state index is 12.5. The lowest BCUT2D eigenvalue weighted by molar-refractivity contribution is -0.137. The fourth-order valence-electron chi connectivity index (χ4n) is 2.13. The van der Waals surface area contributed by atoms with E-state index < -0.39 is 17.6 Å². The summed E-state index contributed by atoms with van der Waals surface area (Å²) in [6.07, 6.45) is -3.12. The van der Waals surface area contributed by atoms with Crippen LogP contribution in [0.3, 0.4) is 0 Å². The van der Waals surface area contributed by atoms with Crippen LogP contribution in [0.15, 0.2) is 53.6 Å². The van der Waals surface area contributed by atoms with E-state index in [4.69, 9.17) is 11.6 Å². The van der Waals surface area contributed by atoms with Gasteiger partial charge in [-0.3, -0.25) is 4.79 Å². The number of benzene rings is 2. The van der Waals surface area contributed by atoms with Crippen LogP contribution in [0, 0.1) is 0 Å². The van der Waals surface area contributed by atoms with Crippen molar-refractivity contribution in [2.45, 2.75) is 6.18 Å². The third kappa shape index (κ3) is 3.83. The van der Waals surface area contributed by atoms with Gasteiger partial charge in [-0.05, 0) is 23.8 Å². The van der Waals surface area contributed by atoms with Gasteiger partial charge in [0.15, 0.2) is 0 Å². The lowest BCUT2D eigenvalue weighted by Crippen LogP contribution is -2.16. The molecule has 1 heterocycles. The number of thiophene rings is 1. The van der Waals surface area contributed by atoms with Gasteiger partial charge in [-0.1, -0.05) is 41.9 Å². The van der Waals surface area contributed by atoms with E-state index in [1.165, 1.54) is 29.7 Å². The Morgan fingerprint density at radius 3 is 2.44 bits per heavy atom. The molecule has 8 heteroatoms. The maximum atomic E-state index is 12.5. The number of amides is 1. The fourth-order valence-corrected chi connectivity index (χ4v) is 3.54. The number of carbonyl (C=O) groups is 1. The quantitative estimate of drug-likeness (QED) is 0.482. The molecule has 3 rings (SSSR count). The summed E-state index contributed by atoms with van der Waals surface area (Å²) in [4.78, 5) is 12.5. The first-order valence-corrected chi connectivity index (χ1v) is 8.23. The Balaban J connectivity index is 1.71. The molecule has 2 aromatic carbocycles. The molecule has 0 aliphatic carbocycles. The minimum absolute atomic E-state index is 0.326. The van der Waals surface area contributed by atoms with Crippen molar-refractivity contribution in [1.29, 1.82) is 0 Å². The molecular formula is C17H10ClF3N2OS. The molecule has 1 N–H and O–H groups in total. The average Bonchev–Trinajstić information content (AvgIpc) is 2.92. The molecule has 1 amide bonds. The molecule has 0 bridgehead atoms. The molecule has 0 saturated carbocycles. The number of rotatable bonds is 3. The molecule has 3 aromatic rings. The van der Waals surface area contributed by atoms with Crippen LogP contribution in [0.4, 0.5) is 13.2 Å². The summed E-state index contributed by atoms with van der Waals surface area (Å²) in [6, 6.07) is 11.8. The molecule has 0 aliphatic heterocycles. The van der Waals surface area contributed by atoms with E-state index in [0.29, 0.717) is 15.5 Å². The molecule has 0 aliphatic rings. The Hall–Kier alpha value is -2.38. The molecule has 3 nitrogen and oxygen atoms in total. The molecule has 0 unspecified atom stereocenters. The smallest absolute Gasteiger partial charge is 0.266 e. The van der Waals surface area contributed by atoms with E-state index in [-0.39, 0.29) is 0 Å². The van der Waals surface area contributed by atoms with Crippen molar-refractivity contribution in [2.24, 2.45) is 5.10 Å². The lowest BCUT2D eigenvalue weighted by atomic mass is 10.1. The number of nitrogens with zero attached hydrogens (tertiary/aromatic N) is 1. The Bertz CT molecular complexity index is 949. The molecule has 0 atom stereocenters. The number of halogens is 4. The number of carbonyl (C=O) groups excluding carboxylic acids is 1. The number of fused-ring (bicyclic) bond motifs is 1. The van der Waals surface area contributed by atoms with Crippen LogP contribution in [0.1, 0.15) is 20.8 Å². The normalized spacial score (nSPS) is 12.0. The number of alkyl halides is 3. The first-order chi connectivity index (χ1) is 11.9. The Morgan fingerprint density at radius 2 is 1.80 bits per heavy atom. The second-order valence-corrected chi connectivity index (χ2v) is 6.49. The third-order valence-electron chi connectivity index (χ3n) is 3.36. The van der Waals surface area contributed by atoms with Gasteiger partial charge in [0, 0.05) is 10.1 Å². The molecule has 0 fully saturated rings. The van der Waals surface area contributed by atoms with Crippen molar-refractivity contribution >= 4 is 45.1 Å². The van der Waals surface area contributed by atoms with Gasteiger partial charge in [0.1, 0.15) is 4.88 Å². The lowest BCUT2D eigenvalue weighted by Gasteiger charge is -2.05. The molecule has 1 aromatic heterocycles. The summed E-state index contributed by atoms with van der Waals surface area (Å²) >= 11 is 7.44. The minimum atomic E-state index is -4.39. The van der Waals surface area contributed by atoms with Gasteiger partial charge in [0.25, 0.3) is 5.91 Å². The van der Waals surface area contributed by atoms with Gasteiger partial charge >= 0.3 is 6.18 Å². The van der Waals surface area contributed by atoms with E-state index in [9.17, 15) is 18.0 Å². The van der Waals surface area contributed by atoms with Crippen LogP contribution in [0.5, 0.6) is 0 Å². The van der Waals surface area contributed by atoms with Crippen molar-refractivity contribution in [1.82, 2.24) is 5.43 Å². The molecule has 0 spiro atoms. The van der Waals surface area contributed by atoms with Crippen molar-refractivity contribution in [3.05, 3.63) is 69.6 Å². The Kier molecular flexibility index (Phi) is 4.78. The van der Waals surface area contributed by atoms with Crippen molar-refractivity contribution in [2.75, 3.05) is 0 Å². The zero-order valence-corrected chi connectivity index (χ0v) is 14.0. The van der Waals surface area contributed by atoms with Gasteiger partial charge in [0.2, 0.25) is 0 Å². The molecule has 128 valence electrons. The van der Waals surface area contributed by atoms with Crippen LogP contribution in [-0.2, 0) is 6.18 Å². The first-order valence-electron chi connectivity index (χ1n) is 7.04. The summed E-state index contributed by atoms with van der Waals surface area (Å²) in [5.41, 5.74) is 2.01. The number of hydrogen-bond donors (Lipinski definition) is 1. The van der Waals surface area contributed by atoms with E-state index >= 15 is 0 Å². The maximum Gasteiger partial charge on any atom is 0.416 e. The summed E-state index contributed by atoms with van der Waals surface area (Å²) in [5.74, 6) is -0.477. The van der Waals surface area contributed by atoms with Crippen LogP contribution in [-0.4, -0.2) is 12.1 Å². The zero-order valence-electron chi connectivity index (χ0n) is 12.5. The highest BCUT2D eigenvalue weighted by atomic mass is 35.5. The molecule has 0 radical (unpaired) electrons. The largest absolute Gasteiger partial charge is 0.416 e. The molecule has 0 saturated heterocycles. The van der Waals surface area contributed by atoms with E-state index in [2.05, 4.69) is 10.5 Å². The van der Waals surface area contributed by atoms with Crippen molar-refractivity contribution in [3.8, 4) is 0 Å². The number of hydrazone groups is 1. The van der Waals surface area contributed by atoms with Gasteiger partial charge in [-0.15, -0.1) is 11.3 Å². The minimum Gasteiger partial charge on any atom is -0.266 e. The fraction of sp³-hybridized carbons (Fsp3) is 0.0588. The highest BCUT2D eigenvalue weighted by Crippen LogP contribution is 2.35. The predicted molar refractivity (Wildman–Crippen MR) is 93.3 cm³/mol. The number of nitrogens with one attached hydrogen (secondary N) is 1. The van der Waals surface area contributed by atoms with Crippen LogP contribution >= 0.6 is 22.9 Å². The first kappa shape index (κ1) is 17.4. The third-order valence-corrected chi connectivity index (χ3v) is 5.03. The van der Waals surface area contributed by atoms with Gasteiger partial charge in [-0.2, -0.15) is 18.3 Å². The number of hydrogen-bond acceptors (Lipinski definition) is 3. The highest BCUT2D eigenvalue weighted by Gasteiger charge is 2.29. The predicted octanol–water partition coefficient (Wildman–Crippen LogP) is 5.34. The summed E-state index contributed by atoms with van der Waals surface area (Å²) < 4.78 is 38.3. The Morgan fingerprint density at radius 1 is 1.12 bits per heavy atom.